The van der Waals surface area contributed by atoms with Crippen LogP contribution < -0.4 is 10.1 Å². The fraction of sp³-hybridized carbons (Fsp3) is 0.238. The van der Waals surface area contributed by atoms with Crippen LogP contribution in [-0.4, -0.2) is 17.5 Å². The number of aryl methyl sites for hydroxylation is 2. The fourth-order valence-electron chi connectivity index (χ4n) is 2.81. The van der Waals surface area contributed by atoms with Gasteiger partial charge < -0.3 is 14.5 Å². The SMILES string of the molecule is CCOc1cc2occ(C)c2cc1/C(C)=C/C(=O)Nc1cc(C)ccn1. The van der Waals surface area contributed by atoms with Crippen LogP contribution in [0.4, 0.5) is 5.82 Å². The van der Waals surface area contributed by atoms with Crippen LogP contribution in [0, 0.1) is 13.8 Å². The first kappa shape index (κ1) is 17.7. The lowest BCUT2D eigenvalue weighted by Gasteiger charge is -2.11. The van der Waals surface area contributed by atoms with Crippen molar-refractivity contribution in [3.63, 3.8) is 0 Å². The molecule has 0 aliphatic rings. The molecule has 5 heteroatoms. The zero-order chi connectivity index (χ0) is 18.7. The third kappa shape index (κ3) is 3.77. The van der Waals surface area contributed by atoms with Gasteiger partial charge in [0.25, 0.3) is 0 Å². The summed E-state index contributed by atoms with van der Waals surface area (Å²) in [5.74, 6) is 1.00. The minimum atomic E-state index is -0.230. The standard InChI is InChI=1S/C21H22N2O3/c1-5-25-18-11-19-17(15(4)12-26-19)10-16(18)14(3)9-21(24)23-20-8-13(2)6-7-22-20/h6-12H,5H2,1-4H3,(H,22,23,24)/b14-9+. The van der Waals surface area contributed by atoms with E-state index in [1.54, 1.807) is 18.5 Å². The maximum atomic E-state index is 12.4. The molecule has 0 atom stereocenters. The van der Waals surface area contributed by atoms with Crippen LogP contribution in [0.1, 0.15) is 30.5 Å². The molecular weight excluding hydrogens is 328 g/mol. The Morgan fingerprint density at radius 1 is 1.31 bits per heavy atom. The summed E-state index contributed by atoms with van der Waals surface area (Å²) >= 11 is 0. The quantitative estimate of drug-likeness (QED) is 0.666. The van der Waals surface area contributed by atoms with Crippen molar-refractivity contribution in [2.24, 2.45) is 0 Å². The Kier molecular flexibility index (Phi) is 5.07. The number of benzene rings is 1. The molecule has 3 aromatic rings. The number of rotatable bonds is 5. The molecule has 0 saturated carbocycles. The number of carbonyl (C=O) groups is 1. The molecule has 0 radical (unpaired) electrons. The lowest BCUT2D eigenvalue weighted by atomic mass is 10.0. The Labute approximate surface area is 152 Å². The molecule has 0 aliphatic carbocycles. The smallest absolute Gasteiger partial charge is 0.249 e. The average molecular weight is 350 g/mol. The van der Waals surface area contributed by atoms with Gasteiger partial charge in [-0.3, -0.25) is 4.79 Å². The predicted molar refractivity (Wildman–Crippen MR) is 103 cm³/mol. The van der Waals surface area contributed by atoms with Crippen molar-refractivity contribution in [2.75, 3.05) is 11.9 Å². The van der Waals surface area contributed by atoms with Gasteiger partial charge in [-0.15, -0.1) is 0 Å². The molecule has 2 heterocycles. The Bertz CT molecular complexity index is 986. The summed E-state index contributed by atoms with van der Waals surface area (Å²) in [6.45, 7) is 8.30. The van der Waals surface area contributed by atoms with Crippen LogP contribution in [0.25, 0.3) is 16.5 Å². The highest BCUT2D eigenvalue weighted by Crippen LogP contribution is 2.33. The van der Waals surface area contributed by atoms with E-state index in [4.69, 9.17) is 9.15 Å². The summed E-state index contributed by atoms with van der Waals surface area (Å²) in [7, 11) is 0. The zero-order valence-corrected chi connectivity index (χ0v) is 15.4. The minimum Gasteiger partial charge on any atom is -0.493 e. The average Bonchev–Trinajstić information content (AvgIpc) is 2.94. The molecule has 26 heavy (non-hydrogen) atoms. The Morgan fingerprint density at radius 2 is 2.12 bits per heavy atom. The first-order valence-corrected chi connectivity index (χ1v) is 8.55. The van der Waals surface area contributed by atoms with Crippen molar-refractivity contribution in [1.82, 2.24) is 4.98 Å². The number of pyridine rings is 1. The molecule has 134 valence electrons. The molecule has 1 N–H and O–H groups in total. The number of carbonyl (C=O) groups excluding carboxylic acids is 1. The molecule has 2 aromatic heterocycles. The number of nitrogens with one attached hydrogen (secondary N) is 1. The molecule has 5 nitrogen and oxygen atoms in total. The van der Waals surface area contributed by atoms with Crippen LogP contribution in [0.15, 0.2) is 47.2 Å². The highest BCUT2D eigenvalue weighted by molar-refractivity contribution is 6.04. The summed E-state index contributed by atoms with van der Waals surface area (Å²) in [6.07, 6.45) is 4.95. The molecule has 1 aromatic carbocycles. The summed E-state index contributed by atoms with van der Waals surface area (Å²) in [5.41, 5.74) is 4.54. The number of furan rings is 1. The van der Waals surface area contributed by atoms with Crippen molar-refractivity contribution < 1.29 is 13.9 Å². The number of nitrogens with zero attached hydrogens (tertiary/aromatic N) is 1. The number of fused-ring (bicyclic) bond motifs is 1. The van der Waals surface area contributed by atoms with E-state index in [1.165, 1.54) is 0 Å². The van der Waals surface area contributed by atoms with Crippen molar-refractivity contribution in [3.05, 3.63) is 59.5 Å². The summed E-state index contributed by atoms with van der Waals surface area (Å²) in [4.78, 5) is 16.5. The number of anilines is 1. The summed E-state index contributed by atoms with van der Waals surface area (Å²) in [5, 5.41) is 3.80. The van der Waals surface area contributed by atoms with Gasteiger partial charge in [0.05, 0.1) is 12.9 Å². The normalized spacial score (nSPS) is 11.6. The number of allylic oxidation sites excluding steroid dienone is 1. The zero-order valence-electron chi connectivity index (χ0n) is 15.4. The number of hydrogen-bond donors (Lipinski definition) is 1. The topological polar surface area (TPSA) is 64.4 Å². The van der Waals surface area contributed by atoms with E-state index in [2.05, 4.69) is 10.3 Å². The van der Waals surface area contributed by atoms with E-state index >= 15 is 0 Å². The van der Waals surface area contributed by atoms with Crippen LogP contribution in [0.5, 0.6) is 5.75 Å². The van der Waals surface area contributed by atoms with E-state index in [1.807, 2.05) is 52.0 Å². The number of ether oxygens (including phenoxy) is 1. The van der Waals surface area contributed by atoms with E-state index in [0.29, 0.717) is 18.2 Å². The third-order valence-electron chi connectivity index (χ3n) is 4.11. The van der Waals surface area contributed by atoms with Crippen molar-refractivity contribution >= 4 is 28.3 Å². The van der Waals surface area contributed by atoms with Gasteiger partial charge in [0.2, 0.25) is 5.91 Å². The maximum absolute atomic E-state index is 12.4. The van der Waals surface area contributed by atoms with Gasteiger partial charge in [-0.25, -0.2) is 4.98 Å². The molecule has 3 rings (SSSR count). The highest BCUT2D eigenvalue weighted by atomic mass is 16.5. The Hall–Kier alpha value is -3.08. The molecule has 1 amide bonds. The van der Waals surface area contributed by atoms with Gasteiger partial charge >= 0.3 is 0 Å². The van der Waals surface area contributed by atoms with Gasteiger partial charge in [0, 0.05) is 29.3 Å². The second-order valence-corrected chi connectivity index (χ2v) is 6.23. The third-order valence-corrected chi connectivity index (χ3v) is 4.11. The van der Waals surface area contributed by atoms with Crippen molar-refractivity contribution in [1.29, 1.82) is 0 Å². The highest BCUT2D eigenvalue weighted by Gasteiger charge is 2.13. The summed E-state index contributed by atoms with van der Waals surface area (Å²) < 4.78 is 11.3. The van der Waals surface area contributed by atoms with Crippen molar-refractivity contribution in [3.8, 4) is 5.75 Å². The van der Waals surface area contributed by atoms with Crippen LogP contribution in [0.3, 0.4) is 0 Å². The van der Waals surface area contributed by atoms with Crippen molar-refractivity contribution in [2.45, 2.75) is 27.7 Å². The monoisotopic (exact) mass is 350 g/mol. The molecular formula is C21H22N2O3. The lowest BCUT2D eigenvalue weighted by Crippen LogP contribution is -2.10. The first-order chi connectivity index (χ1) is 12.5. The van der Waals surface area contributed by atoms with E-state index in [-0.39, 0.29) is 5.91 Å². The number of aromatic nitrogens is 1. The Morgan fingerprint density at radius 3 is 2.85 bits per heavy atom. The molecule has 0 aliphatic heterocycles. The molecule has 0 saturated heterocycles. The lowest BCUT2D eigenvalue weighted by molar-refractivity contribution is -0.111. The predicted octanol–water partition coefficient (Wildman–Crippen LogP) is 4.89. The van der Waals surface area contributed by atoms with Crippen LogP contribution in [-0.2, 0) is 4.79 Å². The minimum absolute atomic E-state index is 0.230. The second-order valence-electron chi connectivity index (χ2n) is 6.23. The molecule has 0 bridgehead atoms. The van der Waals surface area contributed by atoms with Crippen LogP contribution >= 0.6 is 0 Å². The number of hydrogen-bond acceptors (Lipinski definition) is 4. The molecule has 0 spiro atoms. The summed E-state index contributed by atoms with van der Waals surface area (Å²) in [6, 6.07) is 7.59. The van der Waals surface area contributed by atoms with Gasteiger partial charge in [0.15, 0.2) is 0 Å². The second kappa shape index (κ2) is 7.44. The molecule has 0 fully saturated rings. The maximum Gasteiger partial charge on any atom is 0.249 e. The van der Waals surface area contributed by atoms with E-state index in [0.717, 1.165) is 33.2 Å². The Balaban J connectivity index is 1.93. The number of amides is 1. The van der Waals surface area contributed by atoms with Gasteiger partial charge in [0.1, 0.15) is 17.2 Å². The molecule has 0 unspecified atom stereocenters. The van der Waals surface area contributed by atoms with E-state index in [9.17, 15) is 4.79 Å². The van der Waals surface area contributed by atoms with Gasteiger partial charge in [-0.1, -0.05) is 0 Å². The van der Waals surface area contributed by atoms with Gasteiger partial charge in [-0.05, 0) is 62.6 Å². The fourth-order valence-corrected chi connectivity index (χ4v) is 2.81. The first-order valence-electron chi connectivity index (χ1n) is 8.55. The van der Waals surface area contributed by atoms with Crippen LogP contribution in [0.2, 0.25) is 0 Å². The van der Waals surface area contributed by atoms with E-state index < -0.39 is 0 Å². The largest absolute Gasteiger partial charge is 0.493 e. The van der Waals surface area contributed by atoms with Gasteiger partial charge in [-0.2, -0.15) is 0 Å².